The molecule has 0 atom stereocenters. The first-order valence-electron chi connectivity index (χ1n) is 5.38. The minimum Gasteiger partial charge on any atom is -0.460 e. The Bertz CT molecular complexity index is 582. The summed E-state index contributed by atoms with van der Waals surface area (Å²) in [6, 6.07) is 0. The number of sulfonamides is 1. The van der Waals surface area contributed by atoms with Gasteiger partial charge in [0.25, 0.3) is 0 Å². The van der Waals surface area contributed by atoms with E-state index >= 15 is 0 Å². The van der Waals surface area contributed by atoms with E-state index in [0.29, 0.717) is 16.4 Å². The second kappa shape index (κ2) is 5.89. The van der Waals surface area contributed by atoms with Crippen LogP contribution < -0.4 is 0 Å². The van der Waals surface area contributed by atoms with E-state index in [9.17, 15) is 13.2 Å². The Morgan fingerprint density at radius 2 is 2.11 bits per heavy atom. The number of esters is 1. The Hall–Kier alpha value is -1.12. The molecule has 1 aromatic heterocycles. The van der Waals surface area contributed by atoms with Crippen molar-refractivity contribution < 1.29 is 17.9 Å². The van der Waals surface area contributed by atoms with Crippen LogP contribution in [-0.2, 0) is 33.2 Å². The number of nitrogens with zero attached hydrogens (tertiary/aromatic N) is 3. The van der Waals surface area contributed by atoms with Gasteiger partial charge in [-0.2, -0.15) is 9.40 Å². The van der Waals surface area contributed by atoms with E-state index in [2.05, 4.69) is 5.10 Å². The van der Waals surface area contributed by atoms with Gasteiger partial charge in [-0.15, -0.1) is 0 Å². The van der Waals surface area contributed by atoms with Gasteiger partial charge in [0.1, 0.15) is 18.3 Å². The van der Waals surface area contributed by atoms with Crippen molar-refractivity contribution in [2.45, 2.75) is 13.5 Å². The lowest BCUT2D eigenvalue weighted by atomic mass is 10.3. The molecule has 0 aliphatic heterocycles. The molecule has 0 fully saturated rings. The van der Waals surface area contributed by atoms with Crippen molar-refractivity contribution in [3.63, 3.8) is 0 Å². The summed E-state index contributed by atoms with van der Waals surface area (Å²) < 4.78 is 29.6. The fourth-order valence-electron chi connectivity index (χ4n) is 1.34. The second-order valence-corrected chi connectivity index (χ2v) is 6.61. The Balaban J connectivity index is 2.60. The molecule has 0 aliphatic carbocycles. The van der Waals surface area contributed by atoms with Crippen molar-refractivity contribution in [2.24, 2.45) is 7.05 Å². The predicted molar refractivity (Wildman–Crippen MR) is 70.2 cm³/mol. The first kappa shape index (κ1) is 15.9. The molecular weight excluding hydrogens is 294 g/mol. The van der Waals surface area contributed by atoms with Crippen molar-refractivity contribution >= 4 is 27.6 Å². The number of halogens is 1. The quantitative estimate of drug-likeness (QED) is 0.732. The molecule has 1 heterocycles. The molecule has 0 aliphatic rings. The van der Waals surface area contributed by atoms with Gasteiger partial charge in [-0.05, 0) is 6.92 Å². The van der Waals surface area contributed by atoms with Crippen molar-refractivity contribution in [3.05, 3.63) is 16.4 Å². The van der Waals surface area contributed by atoms with E-state index in [1.165, 1.54) is 11.7 Å². The van der Waals surface area contributed by atoms with Gasteiger partial charge in [0.05, 0.1) is 11.9 Å². The Labute approximate surface area is 117 Å². The van der Waals surface area contributed by atoms with E-state index < -0.39 is 16.0 Å². The third-order valence-corrected chi connectivity index (χ3v) is 4.30. The van der Waals surface area contributed by atoms with Gasteiger partial charge >= 0.3 is 5.97 Å². The van der Waals surface area contributed by atoms with Gasteiger partial charge in [0.15, 0.2) is 0 Å². The molecule has 0 N–H and O–H groups in total. The summed E-state index contributed by atoms with van der Waals surface area (Å²) in [6.45, 7) is 1.38. The van der Waals surface area contributed by atoms with Crippen LogP contribution in [0.5, 0.6) is 0 Å². The summed E-state index contributed by atoms with van der Waals surface area (Å²) in [5, 5.41) is 4.47. The molecule has 0 bridgehead atoms. The number of ether oxygens (including phenoxy) is 1. The normalized spacial score (nSPS) is 11.9. The summed E-state index contributed by atoms with van der Waals surface area (Å²) in [5.74, 6) is -0.646. The van der Waals surface area contributed by atoms with Gasteiger partial charge in [-0.25, -0.2) is 8.42 Å². The van der Waals surface area contributed by atoms with Crippen molar-refractivity contribution in [3.8, 4) is 0 Å². The van der Waals surface area contributed by atoms with Crippen LogP contribution in [-0.4, -0.2) is 48.3 Å². The average molecular weight is 310 g/mol. The fourth-order valence-corrected chi connectivity index (χ4v) is 1.90. The molecular formula is C10H16ClN3O4S. The first-order valence-corrected chi connectivity index (χ1v) is 7.60. The minimum atomic E-state index is -3.40. The van der Waals surface area contributed by atoms with Gasteiger partial charge in [-0.3, -0.25) is 9.48 Å². The molecule has 0 amide bonds. The SMILES string of the molecule is Cc1nn(C)c(Cl)c1COC(=O)CN(C)S(C)(=O)=O. The smallest absolute Gasteiger partial charge is 0.321 e. The largest absolute Gasteiger partial charge is 0.460 e. The van der Waals surface area contributed by atoms with Gasteiger partial charge < -0.3 is 4.74 Å². The lowest BCUT2D eigenvalue weighted by Crippen LogP contribution is -2.32. The highest BCUT2D eigenvalue weighted by atomic mass is 35.5. The fraction of sp³-hybridized carbons (Fsp3) is 0.600. The van der Waals surface area contributed by atoms with Crippen LogP contribution in [0, 0.1) is 6.92 Å². The summed E-state index contributed by atoms with van der Waals surface area (Å²) in [7, 11) is -0.420. The minimum absolute atomic E-state index is 0.0328. The van der Waals surface area contributed by atoms with Gasteiger partial charge in [-0.1, -0.05) is 11.6 Å². The predicted octanol–water partition coefficient (Wildman–Crippen LogP) is 0.317. The Kier molecular flexibility index (Phi) is 4.94. The number of rotatable bonds is 5. The summed E-state index contributed by atoms with van der Waals surface area (Å²) in [6.07, 6.45) is 1.02. The van der Waals surface area contributed by atoms with E-state index in [1.54, 1.807) is 14.0 Å². The number of hydrogen-bond acceptors (Lipinski definition) is 5. The maximum atomic E-state index is 11.5. The maximum Gasteiger partial charge on any atom is 0.321 e. The van der Waals surface area contributed by atoms with Crippen molar-refractivity contribution in [2.75, 3.05) is 19.8 Å². The lowest BCUT2D eigenvalue weighted by molar-refractivity contribution is -0.144. The number of hydrogen-bond donors (Lipinski definition) is 0. The van der Waals surface area contributed by atoms with Crippen LogP contribution in [0.1, 0.15) is 11.3 Å². The van der Waals surface area contributed by atoms with E-state index in [-0.39, 0.29) is 13.2 Å². The molecule has 0 spiro atoms. The molecule has 0 unspecified atom stereocenters. The molecule has 108 valence electrons. The Morgan fingerprint density at radius 1 is 1.53 bits per heavy atom. The van der Waals surface area contributed by atoms with Crippen LogP contribution in [0.25, 0.3) is 0 Å². The molecule has 19 heavy (non-hydrogen) atoms. The zero-order valence-electron chi connectivity index (χ0n) is 11.2. The van der Waals surface area contributed by atoms with E-state index in [0.717, 1.165) is 10.6 Å². The summed E-state index contributed by atoms with van der Waals surface area (Å²) >= 11 is 5.98. The molecule has 0 radical (unpaired) electrons. The molecule has 0 saturated heterocycles. The highest BCUT2D eigenvalue weighted by Gasteiger charge is 2.18. The molecule has 7 nitrogen and oxygen atoms in total. The maximum absolute atomic E-state index is 11.5. The van der Waals surface area contributed by atoms with Crippen LogP contribution in [0.15, 0.2) is 0 Å². The number of aryl methyl sites for hydroxylation is 2. The molecule has 0 saturated carbocycles. The highest BCUT2D eigenvalue weighted by Crippen LogP contribution is 2.19. The van der Waals surface area contributed by atoms with Crippen molar-refractivity contribution in [1.82, 2.24) is 14.1 Å². The number of aromatic nitrogens is 2. The summed E-state index contributed by atoms with van der Waals surface area (Å²) in [5.41, 5.74) is 1.27. The number of carbonyl (C=O) groups is 1. The van der Waals surface area contributed by atoms with E-state index in [4.69, 9.17) is 16.3 Å². The average Bonchev–Trinajstić information content (AvgIpc) is 2.49. The standard InChI is InChI=1S/C10H16ClN3O4S/c1-7-8(10(11)14(3)12-7)6-18-9(15)5-13(2)19(4,16)17/h5-6H2,1-4H3. The number of likely N-dealkylation sites (N-methyl/N-ethyl adjacent to an activating group) is 1. The molecule has 1 rings (SSSR count). The van der Waals surface area contributed by atoms with Crippen molar-refractivity contribution in [1.29, 1.82) is 0 Å². The Morgan fingerprint density at radius 3 is 2.53 bits per heavy atom. The molecule has 1 aromatic rings. The molecule has 9 heteroatoms. The zero-order chi connectivity index (χ0) is 14.8. The third kappa shape index (κ3) is 4.19. The van der Waals surface area contributed by atoms with Gasteiger partial charge in [0.2, 0.25) is 10.0 Å². The zero-order valence-corrected chi connectivity index (χ0v) is 12.7. The second-order valence-electron chi connectivity index (χ2n) is 4.16. The van der Waals surface area contributed by atoms with Gasteiger partial charge in [0, 0.05) is 19.7 Å². The third-order valence-electron chi connectivity index (χ3n) is 2.57. The van der Waals surface area contributed by atoms with Crippen LogP contribution >= 0.6 is 11.6 Å². The van der Waals surface area contributed by atoms with Crippen LogP contribution in [0.3, 0.4) is 0 Å². The first-order chi connectivity index (χ1) is 8.62. The topological polar surface area (TPSA) is 81.5 Å². The van der Waals surface area contributed by atoms with Crippen LogP contribution in [0.2, 0.25) is 5.15 Å². The number of carbonyl (C=O) groups excluding carboxylic acids is 1. The van der Waals surface area contributed by atoms with Crippen LogP contribution in [0.4, 0.5) is 0 Å². The highest BCUT2D eigenvalue weighted by molar-refractivity contribution is 7.88. The summed E-state index contributed by atoms with van der Waals surface area (Å²) in [4.78, 5) is 11.5. The van der Waals surface area contributed by atoms with E-state index in [1.807, 2.05) is 0 Å². The monoisotopic (exact) mass is 309 g/mol. The lowest BCUT2D eigenvalue weighted by Gasteiger charge is -2.13. The molecule has 0 aromatic carbocycles.